The lowest BCUT2D eigenvalue weighted by Gasteiger charge is -2.13. The van der Waals surface area contributed by atoms with Gasteiger partial charge in [-0.2, -0.15) is 0 Å². The summed E-state index contributed by atoms with van der Waals surface area (Å²) in [6.45, 7) is 10.3. The van der Waals surface area contributed by atoms with Gasteiger partial charge in [-0.15, -0.1) is 0 Å². The molecular weight excluding hydrogens is 486 g/mol. The van der Waals surface area contributed by atoms with Gasteiger partial charge in [-0.3, -0.25) is 14.5 Å². The molecular formula is C26H37NO10. The van der Waals surface area contributed by atoms with Crippen molar-refractivity contribution in [3.8, 4) is 0 Å². The fourth-order valence-corrected chi connectivity index (χ4v) is 3.12. The first kappa shape index (κ1) is 30.6. The van der Waals surface area contributed by atoms with Gasteiger partial charge in [0.2, 0.25) is 0 Å². The molecule has 0 saturated carbocycles. The second kappa shape index (κ2) is 18.6. The largest absolute Gasteiger partial charge is 0.460 e. The predicted molar refractivity (Wildman–Crippen MR) is 132 cm³/mol. The van der Waals surface area contributed by atoms with Crippen LogP contribution in [0.3, 0.4) is 0 Å². The maximum absolute atomic E-state index is 12.2. The van der Waals surface area contributed by atoms with Gasteiger partial charge in [-0.1, -0.05) is 18.7 Å². The molecule has 0 aromatic heterocycles. The van der Waals surface area contributed by atoms with Crippen molar-refractivity contribution in [2.45, 2.75) is 6.92 Å². The maximum atomic E-state index is 12.2. The van der Waals surface area contributed by atoms with Crippen LogP contribution < -0.4 is 0 Å². The number of amides is 2. The molecule has 0 bridgehead atoms. The van der Waals surface area contributed by atoms with Crippen LogP contribution in [0.5, 0.6) is 0 Å². The van der Waals surface area contributed by atoms with Crippen LogP contribution in [0.4, 0.5) is 0 Å². The zero-order valence-electron chi connectivity index (χ0n) is 21.4. The van der Waals surface area contributed by atoms with Crippen LogP contribution in [0.2, 0.25) is 0 Å². The van der Waals surface area contributed by atoms with Gasteiger partial charge in [0.05, 0.1) is 97.0 Å². The number of carbonyl (C=O) groups is 3. The van der Waals surface area contributed by atoms with E-state index in [4.69, 9.17) is 33.2 Å². The summed E-state index contributed by atoms with van der Waals surface area (Å²) in [4.78, 5) is 36.9. The van der Waals surface area contributed by atoms with Crippen molar-refractivity contribution in [1.29, 1.82) is 0 Å². The maximum Gasteiger partial charge on any atom is 0.333 e. The van der Waals surface area contributed by atoms with E-state index in [2.05, 4.69) is 6.58 Å². The van der Waals surface area contributed by atoms with Gasteiger partial charge in [0.25, 0.3) is 11.8 Å². The Balaban J connectivity index is 1.27. The molecule has 0 atom stereocenters. The molecule has 0 radical (unpaired) electrons. The third-order valence-corrected chi connectivity index (χ3v) is 5.01. The smallest absolute Gasteiger partial charge is 0.333 e. The van der Waals surface area contributed by atoms with Crippen LogP contribution in [0.15, 0.2) is 36.4 Å². The summed E-state index contributed by atoms with van der Waals surface area (Å²) in [5.74, 6) is -0.984. The number of hydrogen-bond acceptors (Lipinski definition) is 10. The first-order valence-corrected chi connectivity index (χ1v) is 12.3. The van der Waals surface area contributed by atoms with E-state index < -0.39 is 5.97 Å². The summed E-state index contributed by atoms with van der Waals surface area (Å²) in [5.41, 5.74) is 1.24. The third-order valence-electron chi connectivity index (χ3n) is 5.01. The second-order valence-corrected chi connectivity index (χ2v) is 7.90. The molecule has 1 heterocycles. The van der Waals surface area contributed by atoms with Crippen molar-refractivity contribution >= 4 is 17.8 Å². The first-order chi connectivity index (χ1) is 18.0. The van der Waals surface area contributed by atoms with Gasteiger partial charge in [0, 0.05) is 5.57 Å². The average molecular weight is 524 g/mol. The van der Waals surface area contributed by atoms with Crippen molar-refractivity contribution < 1.29 is 47.5 Å². The van der Waals surface area contributed by atoms with E-state index in [1.807, 2.05) is 0 Å². The van der Waals surface area contributed by atoms with Crippen LogP contribution in [0, 0.1) is 0 Å². The number of benzene rings is 1. The number of ether oxygens (including phenoxy) is 7. The summed E-state index contributed by atoms with van der Waals surface area (Å²) >= 11 is 0. The summed E-state index contributed by atoms with van der Waals surface area (Å²) in [5, 5.41) is 0. The Bertz CT molecular complexity index is 825. The molecule has 0 unspecified atom stereocenters. The second-order valence-electron chi connectivity index (χ2n) is 7.90. The Labute approximate surface area is 217 Å². The Hall–Kier alpha value is -2.67. The molecule has 0 aliphatic carbocycles. The molecule has 0 saturated heterocycles. The highest BCUT2D eigenvalue weighted by Gasteiger charge is 2.34. The van der Waals surface area contributed by atoms with Crippen LogP contribution in [-0.2, 0) is 38.0 Å². The monoisotopic (exact) mass is 523 g/mol. The predicted octanol–water partition coefficient (Wildman–Crippen LogP) is 1.50. The summed E-state index contributed by atoms with van der Waals surface area (Å²) in [6.07, 6.45) is 0. The van der Waals surface area contributed by atoms with Gasteiger partial charge in [-0.05, 0) is 19.1 Å². The van der Waals surface area contributed by atoms with E-state index in [-0.39, 0.29) is 31.6 Å². The number of fused-ring (bicyclic) bond motifs is 1. The minimum atomic E-state index is -0.421. The van der Waals surface area contributed by atoms with E-state index >= 15 is 0 Å². The Morgan fingerprint density at radius 2 is 1.00 bits per heavy atom. The molecule has 1 aliphatic heterocycles. The lowest BCUT2D eigenvalue weighted by molar-refractivity contribution is -0.140. The van der Waals surface area contributed by atoms with Crippen molar-refractivity contribution in [1.82, 2.24) is 4.90 Å². The SMILES string of the molecule is C=C(C)C(=O)OCCOCCOCCOCCOCCOCCOCCN1C(=O)c2ccccc2C1=O. The highest BCUT2D eigenvalue weighted by Crippen LogP contribution is 2.21. The molecule has 1 aromatic carbocycles. The van der Waals surface area contributed by atoms with Crippen LogP contribution >= 0.6 is 0 Å². The van der Waals surface area contributed by atoms with E-state index in [1.54, 1.807) is 31.2 Å². The molecule has 37 heavy (non-hydrogen) atoms. The fraction of sp³-hybridized carbons (Fsp3) is 0.577. The standard InChI is InChI=1S/C26H37NO10/c1-21(2)26(30)37-20-19-36-18-17-35-16-15-34-14-13-33-12-11-32-10-9-31-8-7-27-24(28)22-5-3-4-6-23(22)25(27)29/h3-6H,1,7-20H2,2H3. The zero-order valence-corrected chi connectivity index (χ0v) is 21.4. The minimum absolute atomic E-state index is 0.189. The van der Waals surface area contributed by atoms with Gasteiger partial charge in [-0.25, -0.2) is 4.79 Å². The molecule has 206 valence electrons. The van der Waals surface area contributed by atoms with Crippen molar-refractivity contribution in [3.05, 3.63) is 47.5 Å². The molecule has 0 fully saturated rings. The van der Waals surface area contributed by atoms with Crippen molar-refractivity contribution in [2.75, 3.05) is 92.4 Å². The molecule has 2 rings (SSSR count). The zero-order chi connectivity index (χ0) is 26.7. The van der Waals surface area contributed by atoms with Crippen LogP contribution in [0.25, 0.3) is 0 Å². The Morgan fingerprint density at radius 3 is 1.38 bits per heavy atom. The van der Waals surface area contributed by atoms with Gasteiger partial charge in [0.1, 0.15) is 6.61 Å². The molecule has 2 amide bonds. The van der Waals surface area contributed by atoms with Crippen LogP contribution in [-0.4, -0.2) is 115 Å². The van der Waals surface area contributed by atoms with Crippen molar-refractivity contribution in [3.63, 3.8) is 0 Å². The van der Waals surface area contributed by atoms with Crippen LogP contribution in [0.1, 0.15) is 27.6 Å². The number of rotatable bonds is 22. The van der Waals surface area contributed by atoms with E-state index in [9.17, 15) is 14.4 Å². The lowest BCUT2D eigenvalue weighted by atomic mass is 10.1. The minimum Gasteiger partial charge on any atom is -0.460 e. The Morgan fingerprint density at radius 1 is 0.649 bits per heavy atom. The topological polar surface area (TPSA) is 119 Å². The quantitative estimate of drug-likeness (QED) is 0.0957. The molecule has 0 N–H and O–H groups in total. The lowest BCUT2D eigenvalue weighted by Crippen LogP contribution is -2.33. The number of nitrogens with zero attached hydrogens (tertiary/aromatic N) is 1. The molecule has 1 aliphatic rings. The highest BCUT2D eigenvalue weighted by molar-refractivity contribution is 6.21. The first-order valence-electron chi connectivity index (χ1n) is 12.3. The third kappa shape index (κ3) is 11.9. The average Bonchev–Trinajstić information content (AvgIpc) is 3.14. The summed E-state index contributed by atoms with van der Waals surface area (Å²) in [6, 6.07) is 6.80. The molecule has 0 spiro atoms. The summed E-state index contributed by atoms with van der Waals surface area (Å²) < 4.78 is 37.3. The summed E-state index contributed by atoms with van der Waals surface area (Å²) in [7, 11) is 0. The number of carbonyl (C=O) groups excluding carboxylic acids is 3. The molecule has 1 aromatic rings. The van der Waals surface area contributed by atoms with E-state index in [0.29, 0.717) is 89.4 Å². The van der Waals surface area contributed by atoms with Gasteiger partial charge < -0.3 is 33.2 Å². The van der Waals surface area contributed by atoms with Gasteiger partial charge >= 0.3 is 5.97 Å². The number of esters is 1. The number of hydrogen-bond donors (Lipinski definition) is 0. The molecule has 11 heteroatoms. The number of imide groups is 1. The van der Waals surface area contributed by atoms with Crippen molar-refractivity contribution in [2.24, 2.45) is 0 Å². The van der Waals surface area contributed by atoms with E-state index in [0.717, 1.165) is 0 Å². The Kier molecular flexibility index (Phi) is 15.3. The highest BCUT2D eigenvalue weighted by atomic mass is 16.6. The van der Waals surface area contributed by atoms with Gasteiger partial charge in [0.15, 0.2) is 0 Å². The van der Waals surface area contributed by atoms with E-state index in [1.165, 1.54) is 4.90 Å². The molecule has 11 nitrogen and oxygen atoms in total. The fourth-order valence-electron chi connectivity index (χ4n) is 3.12. The normalized spacial score (nSPS) is 12.7.